The first kappa shape index (κ1) is 17.3. The zero-order valence-corrected chi connectivity index (χ0v) is 13.8. The van der Waals surface area contributed by atoms with Gasteiger partial charge < -0.3 is 0 Å². The summed E-state index contributed by atoms with van der Waals surface area (Å²) < 4.78 is 0. The van der Waals surface area contributed by atoms with Crippen LogP contribution in [0.1, 0.15) is 68.7 Å². The van der Waals surface area contributed by atoms with Gasteiger partial charge in [-0.3, -0.25) is 9.98 Å². The quantitative estimate of drug-likeness (QED) is 0.643. The van der Waals surface area contributed by atoms with Crippen molar-refractivity contribution < 1.29 is 0 Å². The largest absolute Gasteiger partial charge is 0.291 e. The van der Waals surface area contributed by atoms with Crippen LogP contribution in [0.15, 0.2) is 9.98 Å². The van der Waals surface area contributed by atoms with Gasteiger partial charge in [-0.2, -0.15) is 0 Å². The van der Waals surface area contributed by atoms with Gasteiger partial charge in [-0.1, -0.05) is 48.5 Å². The van der Waals surface area contributed by atoms with Crippen LogP contribution >= 0.6 is 0 Å². The Kier molecular flexibility index (Phi) is 5.77. The average molecular weight is 252 g/mol. The van der Waals surface area contributed by atoms with Gasteiger partial charge in [0.25, 0.3) is 0 Å². The van der Waals surface area contributed by atoms with Gasteiger partial charge in [0, 0.05) is 12.4 Å². The molecule has 0 aromatic heterocycles. The lowest BCUT2D eigenvalue weighted by Gasteiger charge is -2.29. The molecule has 2 nitrogen and oxygen atoms in total. The van der Waals surface area contributed by atoms with Crippen LogP contribution in [0.5, 0.6) is 0 Å². The highest BCUT2D eigenvalue weighted by atomic mass is 14.9. The first-order valence-electron chi connectivity index (χ1n) is 6.98. The van der Waals surface area contributed by atoms with Crippen molar-refractivity contribution in [2.24, 2.45) is 20.8 Å². The van der Waals surface area contributed by atoms with Crippen LogP contribution in [-0.4, -0.2) is 24.0 Å². The fourth-order valence-electron chi connectivity index (χ4n) is 1.55. The van der Waals surface area contributed by atoms with E-state index < -0.39 is 0 Å². The van der Waals surface area contributed by atoms with E-state index in [1.54, 1.807) is 0 Å². The Morgan fingerprint density at radius 1 is 0.833 bits per heavy atom. The van der Waals surface area contributed by atoms with E-state index in [9.17, 15) is 0 Å². The minimum absolute atomic E-state index is 0.128. The fourth-order valence-corrected chi connectivity index (χ4v) is 1.55. The van der Waals surface area contributed by atoms with Crippen molar-refractivity contribution in [1.29, 1.82) is 0 Å². The minimum Gasteiger partial charge on any atom is -0.291 e. The molecule has 0 fully saturated rings. The Balaban J connectivity index is 4.94. The molecule has 0 aromatic rings. The highest BCUT2D eigenvalue weighted by Gasteiger charge is 2.27. The summed E-state index contributed by atoms with van der Waals surface area (Å²) in [4.78, 5) is 9.51. The van der Waals surface area contributed by atoms with E-state index in [0.29, 0.717) is 0 Å². The molecule has 0 saturated carbocycles. The maximum absolute atomic E-state index is 4.76. The molecule has 0 rings (SSSR count). The SMILES string of the molecule is CCC(N=CC(C)(C)C)C(C)(C)N=CC(C)(C)C. The molecule has 18 heavy (non-hydrogen) atoms. The first-order valence-corrected chi connectivity index (χ1v) is 6.98. The van der Waals surface area contributed by atoms with Crippen LogP contribution in [0.4, 0.5) is 0 Å². The molecule has 0 N–H and O–H groups in total. The second-order valence-corrected chi connectivity index (χ2v) is 7.85. The van der Waals surface area contributed by atoms with Gasteiger partial charge in [-0.15, -0.1) is 0 Å². The molecular weight excluding hydrogens is 220 g/mol. The summed E-state index contributed by atoms with van der Waals surface area (Å²) in [6.07, 6.45) is 5.14. The van der Waals surface area contributed by atoms with Crippen molar-refractivity contribution >= 4 is 12.4 Å². The lowest BCUT2D eigenvalue weighted by molar-refractivity contribution is 0.399. The maximum Gasteiger partial charge on any atom is 0.0770 e. The van der Waals surface area contributed by atoms with Crippen LogP contribution in [0.3, 0.4) is 0 Å². The molecule has 1 atom stereocenters. The summed E-state index contributed by atoms with van der Waals surface area (Å²) in [5.41, 5.74) is 0.129. The molecule has 0 aromatic carbocycles. The number of hydrogen-bond acceptors (Lipinski definition) is 2. The van der Waals surface area contributed by atoms with Gasteiger partial charge in [-0.25, -0.2) is 0 Å². The second kappa shape index (κ2) is 5.99. The van der Waals surface area contributed by atoms with Crippen LogP contribution in [0, 0.1) is 10.8 Å². The highest BCUT2D eigenvalue weighted by Crippen LogP contribution is 2.23. The monoisotopic (exact) mass is 252 g/mol. The number of hydrogen-bond donors (Lipinski definition) is 0. The molecular formula is C16H32N2. The van der Waals surface area contributed by atoms with E-state index in [1.165, 1.54) is 0 Å². The molecule has 0 heterocycles. The highest BCUT2D eigenvalue weighted by molar-refractivity contribution is 5.65. The van der Waals surface area contributed by atoms with Crippen molar-refractivity contribution in [2.75, 3.05) is 0 Å². The topological polar surface area (TPSA) is 24.7 Å². The molecule has 0 aliphatic rings. The van der Waals surface area contributed by atoms with Crippen molar-refractivity contribution in [3.63, 3.8) is 0 Å². The van der Waals surface area contributed by atoms with E-state index in [4.69, 9.17) is 9.98 Å². The van der Waals surface area contributed by atoms with Gasteiger partial charge in [-0.05, 0) is 31.1 Å². The van der Waals surface area contributed by atoms with E-state index in [1.807, 2.05) is 0 Å². The summed E-state index contributed by atoms with van der Waals surface area (Å²) in [6, 6.07) is 0.246. The molecule has 1 unspecified atom stereocenters. The van der Waals surface area contributed by atoms with Crippen molar-refractivity contribution in [2.45, 2.75) is 80.3 Å². The Hall–Kier alpha value is -0.660. The predicted molar refractivity (Wildman–Crippen MR) is 84.1 cm³/mol. The first-order chi connectivity index (χ1) is 7.87. The lowest BCUT2D eigenvalue weighted by atomic mass is 9.91. The molecule has 106 valence electrons. The number of nitrogens with zero attached hydrogens (tertiary/aromatic N) is 2. The van der Waals surface area contributed by atoms with Crippen LogP contribution in [0.25, 0.3) is 0 Å². The molecule has 2 heteroatoms. The Labute approximate surface area is 114 Å². The predicted octanol–water partition coefficient (Wildman–Crippen LogP) is 4.78. The van der Waals surface area contributed by atoms with Crippen molar-refractivity contribution in [1.82, 2.24) is 0 Å². The van der Waals surface area contributed by atoms with Gasteiger partial charge in [0.2, 0.25) is 0 Å². The van der Waals surface area contributed by atoms with Gasteiger partial charge in [0.1, 0.15) is 0 Å². The molecule has 0 bridgehead atoms. The summed E-state index contributed by atoms with van der Waals surface area (Å²) >= 11 is 0. The lowest BCUT2D eigenvalue weighted by Crippen LogP contribution is -2.34. The molecule has 0 spiro atoms. The number of rotatable bonds is 4. The molecule has 0 amide bonds. The van der Waals surface area contributed by atoms with E-state index >= 15 is 0 Å². The average Bonchev–Trinajstić information content (AvgIpc) is 2.12. The van der Waals surface area contributed by atoms with Crippen molar-refractivity contribution in [3.8, 4) is 0 Å². The normalized spacial score (nSPS) is 16.7. The minimum atomic E-state index is -0.135. The Morgan fingerprint density at radius 2 is 1.28 bits per heavy atom. The summed E-state index contributed by atoms with van der Waals surface area (Å²) in [6.45, 7) is 19.6. The fraction of sp³-hybridized carbons (Fsp3) is 0.875. The van der Waals surface area contributed by atoms with E-state index in [0.717, 1.165) is 6.42 Å². The number of aliphatic imine (C=N–C) groups is 2. The molecule has 0 saturated heterocycles. The third-order valence-corrected chi connectivity index (χ3v) is 2.63. The zero-order chi connectivity index (χ0) is 14.6. The summed E-state index contributed by atoms with van der Waals surface area (Å²) in [7, 11) is 0. The zero-order valence-electron chi connectivity index (χ0n) is 13.8. The third kappa shape index (κ3) is 7.62. The Morgan fingerprint density at radius 3 is 1.61 bits per heavy atom. The van der Waals surface area contributed by atoms with Crippen molar-refractivity contribution in [3.05, 3.63) is 0 Å². The maximum atomic E-state index is 4.76. The van der Waals surface area contributed by atoms with E-state index in [2.05, 4.69) is 74.7 Å². The van der Waals surface area contributed by atoms with Gasteiger partial charge in [0.05, 0.1) is 11.6 Å². The van der Waals surface area contributed by atoms with Gasteiger partial charge >= 0.3 is 0 Å². The summed E-state index contributed by atoms with van der Waals surface area (Å²) in [5, 5.41) is 0. The van der Waals surface area contributed by atoms with Crippen LogP contribution in [-0.2, 0) is 0 Å². The van der Waals surface area contributed by atoms with E-state index in [-0.39, 0.29) is 22.4 Å². The standard InChI is InChI=1S/C16H32N2/c1-10-13(17-11-14(2,3)4)16(8,9)18-12-15(5,6)7/h11-13H,10H2,1-9H3. The van der Waals surface area contributed by atoms with Crippen LogP contribution in [0.2, 0.25) is 0 Å². The molecule has 0 aliphatic carbocycles. The molecule has 0 aliphatic heterocycles. The van der Waals surface area contributed by atoms with Crippen LogP contribution < -0.4 is 0 Å². The summed E-state index contributed by atoms with van der Waals surface area (Å²) in [5.74, 6) is 0. The smallest absolute Gasteiger partial charge is 0.0770 e. The van der Waals surface area contributed by atoms with Gasteiger partial charge in [0.15, 0.2) is 0 Å². The second-order valence-electron chi connectivity index (χ2n) is 7.85. The molecule has 0 radical (unpaired) electrons. The third-order valence-electron chi connectivity index (χ3n) is 2.63. The Bertz CT molecular complexity index is 298.